The zero-order valence-corrected chi connectivity index (χ0v) is 40.9. The molecule has 2 aliphatic rings. The summed E-state index contributed by atoms with van der Waals surface area (Å²) in [5.41, 5.74) is 60.7. The molecule has 0 bridgehead atoms. The van der Waals surface area contributed by atoms with Gasteiger partial charge < -0.3 is 126 Å². The molecule has 43 heteroatoms. The molecule has 2 rings (SSSR count). The average molecular weight is 1110 g/mol. The van der Waals surface area contributed by atoms with Crippen molar-refractivity contribution in [3.8, 4) is 0 Å². The van der Waals surface area contributed by atoms with E-state index in [9.17, 15) is 56.8 Å². The maximum atomic E-state index is 10.2. The maximum absolute atomic E-state index is 10.2. The molecule has 382 valence electrons. The van der Waals surface area contributed by atoms with Gasteiger partial charge in [0, 0.05) is 0 Å². The fourth-order valence-electron chi connectivity index (χ4n) is 1.53. The number of hydrogen-bond acceptors (Lipinski definition) is 30. The summed E-state index contributed by atoms with van der Waals surface area (Å²) >= 11 is 0. The summed E-state index contributed by atoms with van der Waals surface area (Å²) in [6.45, 7) is 8.62. The number of phosphoric acid groups is 6. The summed E-state index contributed by atoms with van der Waals surface area (Å²) in [7, 11) is -32.1. The minimum Gasteiger partial charge on any atom is -0.756 e. The zero-order chi connectivity index (χ0) is 44.0. The Morgan fingerprint density at radius 3 is 0.344 bits per heavy atom. The summed E-state index contributed by atoms with van der Waals surface area (Å²) in [5, 5.41) is 0. The third kappa shape index (κ3) is 88.7. The van der Waals surface area contributed by atoms with Crippen LogP contribution < -0.4 is 98.2 Å². The molecule has 0 aromatic carbocycles. The van der Waals surface area contributed by atoms with Gasteiger partial charge in [0.15, 0.2) is 0 Å². The van der Waals surface area contributed by atoms with Crippen LogP contribution in [0, 0.1) is 0 Å². The van der Waals surface area contributed by atoms with Crippen molar-refractivity contribution in [3.05, 3.63) is 0 Å². The van der Waals surface area contributed by atoms with Crippen molar-refractivity contribution in [2.45, 2.75) is 38.5 Å². The van der Waals surface area contributed by atoms with Crippen LogP contribution >= 0.6 is 46.9 Å². The van der Waals surface area contributed by atoms with E-state index in [1.165, 1.54) is 0 Å². The van der Waals surface area contributed by atoms with Crippen LogP contribution in [0.4, 0.5) is 0 Å². The Bertz CT molecular complexity index is 895. The summed E-state index contributed by atoms with van der Waals surface area (Å²) in [5.74, 6) is 0. The molecule has 0 atom stereocenters. The minimum atomic E-state index is -5.36. The van der Waals surface area contributed by atoms with Gasteiger partial charge in [0.1, 0.15) is 0 Å². The van der Waals surface area contributed by atoms with Crippen LogP contribution in [0.1, 0.15) is 38.5 Å². The SMILES string of the molecule is NCCCN.NCCCN.NCCCN.NCCCN.NCCCN.NCCCN.O.O.O.O.O.O=P1([O-])OP(=O)([O-])OP(=O)([O-])O1.O=P1([O-])OP(=O)([O-])OP(=O)([O-])O1.[Cr+3].[Cr+3]. The molecule has 0 aliphatic carbocycles. The Kier molecular flexibility index (Phi) is 93.6. The van der Waals surface area contributed by atoms with Gasteiger partial charge in [-0.25, -0.2) is 25.9 Å². The molecule has 61 heavy (non-hydrogen) atoms. The molecule has 2 heterocycles. The van der Waals surface area contributed by atoms with E-state index in [1.54, 1.807) is 0 Å². The summed E-state index contributed by atoms with van der Waals surface area (Å²) in [6.07, 6.45) is 5.67. The average Bonchev–Trinajstić information content (AvgIpc) is 2.97. The second kappa shape index (κ2) is 59.3. The van der Waals surface area contributed by atoms with E-state index in [0.29, 0.717) is 0 Å². The van der Waals surface area contributed by atoms with Crippen LogP contribution in [0.3, 0.4) is 0 Å². The van der Waals surface area contributed by atoms with E-state index < -0.39 is 46.9 Å². The third-order valence-electron chi connectivity index (χ3n) is 3.65. The quantitative estimate of drug-likeness (QED) is 0.0808. The van der Waals surface area contributed by atoms with Crippen LogP contribution in [-0.4, -0.2) is 106 Å². The van der Waals surface area contributed by atoms with Crippen molar-refractivity contribution in [1.82, 2.24) is 0 Å². The molecule has 0 saturated carbocycles. The van der Waals surface area contributed by atoms with Crippen LogP contribution in [0.25, 0.3) is 0 Å². The molecule has 0 aromatic rings. The smallest absolute Gasteiger partial charge is 0.756 e. The van der Waals surface area contributed by atoms with E-state index in [1.807, 2.05) is 0 Å². The van der Waals surface area contributed by atoms with Crippen LogP contribution in [0.2, 0.25) is 0 Å². The molecule has 2 saturated heterocycles. The standard InChI is InChI=1S/6C3H10N2.2Cr.2H3O9P3.5H2O/c6*4-2-1-3-5;;;2*1-10(2)7-11(3,4)9-12(5,6)8-10;;;;;/h6*1-5H2;;;2*(H,1,2)(H,3,4)(H,5,6);5*1H2/q;;;;;;2*+3;;;;;;;/p-6. The van der Waals surface area contributed by atoms with Crippen molar-refractivity contribution in [1.29, 1.82) is 0 Å². The molecule has 2 fully saturated rings. The first-order valence-electron chi connectivity index (χ1n) is 15.3. The van der Waals surface area contributed by atoms with E-state index in [-0.39, 0.29) is 62.1 Å². The van der Waals surface area contributed by atoms with Crippen molar-refractivity contribution in [3.63, 3.8) is 0 Å². The molecule has 0 unspecified atom stereocenters. The topological polar surface area (TPSA) is 766 Å². The minimum absolute atomic E-state index is 0. The van der Waals surface area contributed by atoms with Gasteiger partial charge in [-0.15, -0.1) is 0 Å². The Hall–Kier alpha value is 1.28. The van der Waals surface area contributed by atoms with Gasteiger partial charge in [0.25, 0.3) is 46.9 Å². The van der Waals surface area contributed by atoms with E-state index in [0.717, 1.165) is 117 Å². The Morgan fingerprint density at radius 2 is 0.311 bits per heavy atom. The van der Waals surface area contributed by atoms with Crippen LogP contribution in [-0.2, 0) is 88.0 Å². The molecule has 0 aromatic heterocycles. The zero-order valence-electron chi connectivity index (χ0n) is 33.0. The van der Waals surface area contributed by atoms with Crippen molar-refractivity contribution in [2.24, 2.45) is 68.8 Å². The van der Waals surface area contributed by atoms with Gasteiger partial charge in [-0.3, -0.25) is 27.4 Å². The second-order valence-electron chi connectivity index (χ2n) is 8.76. The Morgan fingerprint density at radius 1 is 0.246 bits per heavy atom. The van der Waals surface area contributed by atoms with Gasteiger partial charge in [-0.2, -0.15) is 0 Å². The molecule has 0 amide bonds. The van der Waals surface area contributed by atoms with Gasteiger partial charge >= 0.3 is 34.7 Å². The molecule has 34 N–H and O–H groups in total. The first-order chi connectivity index (χ1) is 24.7. The van der Waals surface area contributed by atoms with Crippen molar-refractivity contribution < 1.29 is 145 Å². The second-order valence-corrected chi connectivity index (χ2v) is 18.0. The normalized spacial score (nSPS) is 25.9. The van der Waals surface area contributed by atoms with Gasteiger partial charge in [-0.1, -0.05) is 0 Å². The first-order valence-corrected chi connectivity index (χ1v) is 24.0. The van der Waals surface area contributed by atoms with Crippen molar-refractivity contribution in [2.75, 3.05) is 78.5 Å². The van der Waals surface area contributed by atoms with Crippen LogP contribution in [0.5, 0.6) is 0 Å². The number of nitrogens with two attached hydrogens (primary N) is 12. The molecular weight excluding hydrogens is 1040 g/mol. The Labute approximate surface area is 376 Å². The molecule has 2 aliphatic heterocycles. The number of hydrogen-bond donors (Lipinski definition) is 12. The summed E-state index contributed by atoms with van der Waals surface area (Å²) < 4.78 is 80.5. The third-order valence-corrected chi connectivity index (χ3v) is 13.2. The van der Waals surface area contributed by atoms with Crippen molar-refractivity contribution >= 4 is 46.9 Å². The maximum Gasteiger partial charge on any atom is 3.00 e. The largest absolute Gasteiger partial charge is 3.00 e. The molecule has 2 radical (unpaired) electrons. The fourth-order valence-corrected chi connectivity index (χ4v) is 9.74. The Balaban J connectivity index is -0.0000000401. The number of rotatable bonds is 12. The molecule has 0 spiro atoms. The van der Waals surface area contributed by atoms with E-state index in [2.05, 4.69) is 25.9 Å². The van der Waals surface area contributed by atoms with E-state index in [4.69, 9.17) is 68.8 Å². The van der Waals surface area contributed by atoms with Gasteiger partial charge in [0.05, 0.1) is 0 Å². The summed E-state index contributed by atoms with van der Waals surface area (Å²) in [4.78, 5) is 61.4. The predicted octanol–water partition coefficient (Wildman–Crippen LogP) is -11.5. The summed E-state index contributed by atoms with van der Waals surface area (Å²) in [6, 6.07) is 0. The fraction of sp³-hybridized carbons (Fsp3) is 1.00. The molecular formula is C18H70Cr2N12O23P6. The van der Waals surface area contributed by atoms with Gasteiger partial charge in [-0.05, 0) is 117 Å². The predicted molar refractivity (Wildman–Crippen MR) is 207 cm³/mol. The molecule has 35 nitrogen and oxygen atoms in total. The van der Waals surface area contributed by atoms with E-state index >= 15 is 0 Å². The van der Waals surface area contributed by atoms with Gasteiger partial charge in [0.2, 0.25) is 0 Å². The first kappa shape index (κ1) is 96.3. The monoisotopic (exact) mass is 1110 g/mol. The van der Waals surface area contributed by atoms with Crippen LogP contribution in [0.15, 0.2) is 0 Å².